The van der Waals surface area contributed by atoms with Crippen LogP contribution >= 0.6 is 11.6 Å². The third kappa shape index (κ3) is 6.37. The molecule has 0 spiro atoms. The summed E-state index contributed by atoms with van der Waals surface area (Å²) in [7, 11) is 3.88. The average Bonchev–Trinajstić information content (AvgIpc) is 3.03. The Balaban J connectivity index is 1.15. The fraction of sp³-hybridized carbons (Fsp3) is 0.469. The highest BCUT2D eigenvalue weighted by Gasteiger charge is 2.28. The molecule has 3 aromatic rings. The smallest absolute Gasteiger partial charge is 0.256 e. The number of fused-ring (bicyclic) bond motifs is 1. The van der Waals surface area contributed by atoms with Crippen molar-refractivity contribution in [2.75, 3.05) is 82.0 Å². The molecule has 3 aliphatic rings. The summed E-state index contributed by atoms with van der Waals surface area (Å²) in [5.41, 5.74) is 4.29. The number of nitrogens with zero attached hydrogens (tertiary/aromatic N) is 6. The van der Waals surface area contributed by atoms with Gasteiger partial charge in [-0.3, -0.25) is 9.69 Å². The molecule has 2 N–H and O–H groups in total. The molecule has 228 valence electrons. The molecule has 2 aromatic carbocycles. The molecule has 10 nitrogen and oxygen atoms in total. The highest BCUT2D eigenvalue weighted by molar-refractivity contribution is 6.33. The first-order chi connectivity index (χ1) is 20.9. The van der Waals surface area contributed by atoms with E-state index in [-0.39, 0.29) is 5.91 Å². The van der Waals surface area contributed by atoms with E-state index >= 15 is 0 Å². The molecule has 6 rings (SSSR count). The fourth-order valence-electron chi connectivity index (χ4n) is 6.40. The number of ether oxygens (including phenoxy) is 1. The first-order valence-corrected chi connectivity index (χ1v) is 15.6. The minimum Gasteiger partial charge on any atom is -0.494 e. The summed E-state index contributed by atoms with van der Waals surface area (Å²) in [6, 6.07) is 12.7. The van der Waals surface area contributed by atoms with Crippen LogP contribution in [0.25, 0.3) is 0 Å². The number of anilines is 5. The summed E-state index contributed by atoms with van der Waals surface area (Å²) >= 11 is 6.51. The maximum absolute atomic E-state index is 13.2. The Morgan fingerprint density at radius 3 is 2.53 bits per heavy atom. The number of likely N-dealkylation sites (N-methyl/N-ethyl adjacent to an activating group) is 2. The molecule has 0 aliphatic carbocycles. The van der Waals surface area contributed by atoms with Crippen LogP contribution in [-0.4, -0.2) is 103 Å². The van der Waals surface area contributed by atoms with Gasteiger partial charge in [-0.1, -0.05) is 23.7 Å². The molecule has 0 saturated carbocycles. The summed E-state index contributed by atoms with van der Waals surface area (Å²) in [6.07, 6.45) is 4.72. The fourth-order valence-corrected chi connectivity index (χ4v) is 6.54. The van der Waals surface area contributed by atoms with Crippen LogP contribution < -0.4 is 20.3 Å². The second-order valence-corrected chi connectivity index (χ2v) is 12.0. The van der Waals surface area contributed by atoms with Crippen LogP contribution in [0.15, 0.2) is 42.6 Å². The van der Waals surface area contributed by atoms with Crippen molar-refractivity contribution in [2.24, 2.45) is 0 Å². The predicted molar refractivity (Wildman–Crippen MR) is 173 cm³/mol. The molecule has 0 bridgehead atoms. The van der Waals surface area contributed by atoms with E-state index in [9.17, 15) is 4.79 Å². The summed E-state index contributed by atoms with van der Waals surface area (Å²) in [6.45, 7) is 10.1. The zero-order valence-corrected chi connectivity index (χ0v) is 26.0. The number of nitrogens with one attached hydrogen (secondary N) is 2. The molecule has 1 amide bonds. The van der Waals surface area contributed by atoms with Crippen molar-refractivity contribution in [3.05, 3.63) is 58.7 Å². The standard InChI is InChI=1S/C32H41ClN8O2/c1-4-39-13-10-22-6-5-7-27(29(22)31(39)42)35-30-25(33)21-34-32(37-30)36-26-9-8-24(20-28(26)43-3)40-14-11-23(12-15-40)41-18-16-38(2)17-19-41/h5-9,20-21,23H,4,10-19H2,1-3H3,(H2,34,35,36,37). The molecule has 1 aromatic heterocycles. The molecule has 3 aliphatic heterocycles. The first kappa shape index (κ1) is 29.5. The van der Waals surface area contributed by atoms with E-state index in [1.807, 2.05) is 36.1 Å². The number of piperazine rings is 1. The van der Waals surface area contributed by atoms with Gasteiger partial charge in [-0.2, -0.15) is 4.98 Å². The van der Waals surface area contributed by atoms with Crippen LogP contribution in [0.4, 0.5) is 28.8 Å². The normalized spacial score (nSPS) is 18.5. The quantitative estimate of drug-likeness (QED) is 0.374. The minimum atomic E-state index is 0.0174. The first-order valence-electron chi connectivity index (χ1n) is 15.3. The Bertz CT molecular complexity index is 1450. The number of aromatic nitrogens is 2. The van der Waals surface area contributed by atoms with Crippen LogP contribution in [-0.2, 0) is 6.42 Å². The van der Waals surface area contributed by atoms with E-state index in [4.69, 9.17) is 16.3 Å². The second kappa shape index (κ2) is 13.0. The number of amides is 1. The van der Waals surface area contributed by atoms with E-state index in [0.717, 1.165) is 56.1 Å². The third-order valence-corrected chi connectivity index (χ3v) is 9.27. The average molecular weight is 605 g/mol. The van der Waals surface area contributed by atoms with Crippen molar-refractivity contribution in [2.45, 2.75) is 32.2 Å². The molecule has 0 radical (unpaired) electrons. The molecular weight excluding hydrogens is 564 g/mol. The number of methoxy groups -OCH3 is 1. The zero-order valence-electron chi connectivity index (χ0n) is 25.3. The Labute approximate surface area is 259 Å². The van der Waals surface area contributed by atoms with Crippen LogP contribution in [0.2, 0.25) is 5.02 Å². The lowest BCUT2D eigenvalue weighted by atomic mass is 9.97. The Hall–Kier alpha value is -3.60. The number of piperidine rings is 1. The van der Waals surface area contributed by atoms with Gasteiger partial charge < -0.3 is 30.1 Å². The minimum absolute atomic E-state index is 0.0174. The van der Waals surface area contributed by atoms with Crippen molar-refractivity contribution in [3.63, 3.8) is 0 Å². The van der Waals surface area contributed by atoms with Crippen LogP contribution in [0.1, 0.15) is 35.7 Å². The van der Waals surface area contributed by atoms with Gasteiger partial charge in [0.25, 0.3) is 5.91 Å². The number of benzene rings is 2. The Morgan fingerprint density at radius 2 is 1.79 bits per heavy atom. The molecule has 43 heavy (non-hydrogen) atoms. The van der Waals surface area contributed by atoms with Gasteiger partial charge in [0, 0.05) is 70.2 Å². The van der Waals surface area contributed by atoms with Crippen molar-refractivity contribution in [1.29, 1.82) is 0 Å². The van der Waals surface area contributed by atoms with E-state index in [1.165, 1.54) is 25.9 Å². The number of halogens is 1. The summed E-state index contributed by atoms with van der Waals surface area (Å²) in [4.78, 5) is 31.6. The van der Waals surface area contributed by atoms with Crippen molar-refractivity contribution in [1.82, 2.24) is 24.7 Å². The number of hydrogen-bond donors (Lipinski definition) is 2. The number of hydrogen-bond acceptors (Lipinski definition) is 9. The topological polar surface area (TPSA) is 89.1 Å². The molecule has 0 unspecified atom stereocenters. The number of rotatable bonds is 8. The molecule has 2 saturated heterocycles. The maximum atomic E-state index is 13.2. The molecule has 2 fully saturated rings. The van der Waals surface area contributed by atoms with E-state index in [1.54, 1.807) is 13.3 Å². The molecule has 4 heterocycles. The third-order valence-electron chi connectivity index (χ3n) is 9.00. The van der Waals surface area contributed by atoms with Gasteiger partial charge in [0.15, 0.2) is 5.82 Å². The lowest BCUT2D eigenvalue weighted by Gasteiger charge is -2.42. The summed E-state index contributed by atoms with van der Waals surface area (Å²) in [5.74, 6) is 1.53. The summed E-state index contributed by atoms with van der Waals surface area (Å²) in [5, 5.41) is 6.96. The Morgan fingerprint density at radius 1 is 1.00 bits per heavy atom. The SMILES string of the molecule is CCN1CCc2cccc(Nc3nc(Nc4ccc(N5CCC(N6CCN(C)CC6)CC5)cc4OC)ncc3Cl)c2C1=O. The molecule has 0 atom stereocenters. The highest BCUT2D eigenvalue weighted by Crippen LogP contribution is 2.35. The highest BCUT2D eigenvalue weighted by atomic mass is 35.5. The van der Waals surface area contributed by atoms with Crippen LogP contribution in [0.5, 0.6) is 5.75 Å². The largest absolute Gasteiger partial charge is 0.494 e. The van der Waals surface area contributed by atoms with Gasteiger partial charge in [-0.05, 0) is 57.0 Å². The summed E-state index contributed by atoms with van der Waals surface area (Å²) < 4.78 is 5.78. The monoisotopic (exact) mass is 604 g/mol. The van der Waals surface area contributed by atoms with E-state index in [0.29, 0.717) is 46.4 Å². The van der Waals surface area contributed by atoms with E-state index < -0.39 is 0 Å². The lowest BCUT2D eigenvalue weighted by molar-refractivity contribution is 0.0750. The van der Waals surface area contributed by atoms with Crippen molar-refractivity contribution in [3.8, 4) is 5.75 Å². The molecule has 11 heteroatoms. The number of carbonyl (C=O) groups excluding carboxylic acids is 1. The van der Waals surface area contributed by atoms with Gasteiger partial charge in [0.05, 0.1) is 30.2 Å². The lowest BCUT2D eigenvalue weighted by Crippen LogP contribution is -2.52. The van der Waals surface area contributed by atoms with Gasteiger partial charge in [0.2, 0.25) is 5.95 Å². The van der Waals surface area contributed by atoms with Gasteiger partial charge in [-0.25, -0.2) is 4.98 Å². The maximum Gasteiger partial charge on any atom is 0.256 e. The predicted octanol–water partition coefficient (Wildman–Crippen LogP) is 4.86. The Kier molecular flexibility index (Phi) is 8.88. The van der Waals surface area contributed by atoms with E-state index in [2.05, 4.69) is 54.5 Å². The molecular formula is C32H41ClN8O2. The van der Waals surface area contributed by atoms with Gasteiger partial charge in [0.1, 0.15) is 10.8 Å². The van der Waals surface area contributed by atoms with Crippen LogP contribution in [0.3, 0.4) is 0 Å². The van der Waals surface area contributed by atoms with Gasteiger partial charge >= 0.3 is 0 Å². The number of carbonyl (C=O) groups is 1. The van der Waals surface area contributed by atoms with Crippen molar-refractivity contribution < 1.29 is 9.53 Å². The van der Waals surface area contributed by atoms with Crippen LogP contribution in [0, 0.1) is 0 Å². The van der Waals surface area contributed by atoms with Gasteiger partial charge in [-0.15, -0.1) is 0 Å². The second-order valence-electron chi connectivity index (χ2n) is 11.6. The zero-order chi connectivity index (χ0) is 29.9. The van der Waals surface area contributed by atoms with Crippen molar-refractivity contribution >= 4 is 46.3 Å².